The van der Waals surface area contributed by atoms with Gasteiger partial charge in [-0.05, 0) is 26.0 Å². The number of aliphatic imine (C=N–C) groups is 2. The summed E-state index contributed by atoms with van der Waals surface area (Å²) in [4.78, 5) is 8.17. The Hall–Kier alpha value is -1.80. The molecule has 0 spiro atoms. The fourth-order valence-corrected chi connectivity index (χ4v) is 1.35. The van der Waals surface area contributed by atoms with Gasteiger partial charge in [-0.3, -0.25) is 0 Å². The normalized spacial score (nSPS) is 9.71. The van der Waals surface area contributed by atoms with E-state index in [1.807, 2.05) is 32.0 Å². The second-order valence-corrected chi connectivity index (χ2v) is 3.78. The van der Waals surface area contributed by atoms with Gasteiger partial charge in [-0.25, -0.2) is 9.98 Å². The Kier molecular flexibility index (Phi) is 5.24. The van der Waals surface area contributed by atoms with Crippen molar-refractivity contribution in [3.8, 4) is 11.5 Å². The SMILES string of the molecule is COc1cccc(OC)c1CN=C=NC(C)C. The van der Waals surface area contributed by atoms with Crippen molar-refractivity contribution in [2.45, 2.75) is 26.4 Å². The van der Waals surface area contributed by atoms with Gasteiger partial charge >= 0.3 is 0 Å². The lowest BCUT2D eigenvalue weighted by Crippen LogP contribution is -1.95. The first-order valence-corrected chi connectivity index (χ1v) is 5.50. The van der Waals surface area contributed by atoms with Crippen LogP contribution in [0.25, 0.3) is 0 Å². The van der Waals surface area contributed by atoms with Crippen molar-refractivity contribution in [1.82, 2.24) is 0 Å². The number of ether oxygens (including phenoxy) is 2. The van der Waals surface area contributed by atoms with E-state index in [-0.39, 0.29) is 6.04 Å². The Bertz CT molecular complexity index is 399. The average molecular weight is 234 g/mol. The molecule has 0 saturated heterocycles. The summed E-state index contributed by atoms with van der Waals surface area (Å²) in [6, 6.07) is 8.53. The highest BCUT2D eigenvalue weighted by atomic mass is 16.5. The van der Waals surface area contributed by atoms with Gasteiger partial charge in [0.25, 0.3) is 0 Å². The lowest BCUT2D eigenvalue weighted by atomic mass is 10.2. The van der Waals surface area contributed by atoms with Gasteiger partial charge in [0.1, 0.15) is 11.5 Å². The van der Waals surface area contributed by atoms with E-state index in [0.29, 0.717) is 6.54 Å². The molecule has 0 radical (unpaired) electrons. The molecule has 0 aliphatic carbocycles. The molecule has 0 fully saturated rings. The Morgan fingerprint density at radius 2 is 1.76 bits per heavy atom. The molecule has 0 N–H and O–H groups in total. The summed E-state index contributed by atoms with van der Waals surface area (Å²) < 4.78 is 10.5. The van der Waals surface area contributed by atoms with Crippen molar-refractivity contribution < 1.29 is 9.47 Å². The molecular formula is C13H18N2O2. The predicted molar refractivity (Wildman–Crippen MR) is 68.2 cm³/mol. The van der Waals surface area contributed by atoms with Gasteiger partial charge < -0.3 is 9.47 Å². The van der Waals surface area contributed by atoms with Crippen LogP contribution in [0.2, 0.25) is 0 Å². The van der Waals surface area contributed by atoms with Crippen LogP contribution in [-0.4, -0.2) is 26.3 Å². The zero-order chi connectivity index (χ0) is 12.7. The predicted octanol–water partition coefficient (Wildman–Crippen LogP) is 2.79. The fourth-order valence-electron chi connectivity index (χ4n) is 1.35. The summed E-state index contributed by atoms with van der Waals surface area (Å²) in [6.07, 6.45) is 0. The smallest absolute Gasteiger partial charge is 0.127 e. The third-order valence-electron chi connectivity index (χ3n) is 2.15. The van der Waals surface area contributed by atoms with E-state index in [4.69, 9.17) is 9.47 Å². The van der Waals surface area contributed by atoms with Crippen molar-refractivity contribution in [2.24, 2.45) is 9.98 Å². The molecule has 0 aliphatic heterocycles. The summed E-state index contributed by atoms with van der Waals surface area (Å²) in [6.45, 7) is 4.40. The molecule has 0 saturated carbocycles. The molecule has 0 heterocycles. The maximum atomic E-state index is 5.27. The van der Waals surface area contributed by atoms with Crippen molar-refractivity contribution in [2.75, 3.05) is 14.2 Å². The van der Waals surface area contributed by atoms with Crippen LogP contribution in [0.4, 0.5) is 0 Å². The minimum absolute atomic E-state index is 0.207. The molecule has 0 bridgehead atoms. The maximum absolute atomic E-state index is 5.27. The van der Waals surface area contributed by atoms with Gasteiger partial charge in [0, 0.05) is 0 Å². The first-order valence-electron chi connectivity index (χ1n) is 5.50. The van der Waals surface area contributed by atoms with Gasteiger partial charge in [-0.15, -0.1) is 0 Å². The number of hydrogen-bond acceptors (Lipinski definition) is 4. The van der Waals surface area contributed by atoms with Crippen molar-refractivity contribution >= 4 is 6.01 Å². The highest BCUT2D eigenvalue weighted by molar-refractivity contribution is 5.47. The van der Waals surface area contributed by atoms with Crippen LogP contribution in [0, 0.1) is 0 Å². The van der Waals surface area contributed by atoms with E-state index in [9.17, 15) is 0 Å². The van der Waals surface area contributed by atoms with Crippen LogP contribution < -0.4 is 9.47 Å². The second-order valence-electron chi connectivity index (χ2n) is 3.78. The van der Waals surface area contributed by atoms with Gasteiger partial charge in [0.15, 0.2) is 0 Å². The lowest BCUT2D eigenvalue weighted by Gasteiger charge is -2.10. The number of benzene rings is 1. The summed E-state index contributed by atoms with van der Waals surface area (Å²) in [5, 5.41) is 0. The minimum atomic E-state index is 0.207. The number of rotatable bonds is 5. The number of hydrogen-bond donors (Lipinski definition) is 0. The summed E-state index contributed by atoms with van der Waals surface area (Å²) in [5.74, 6) is 1.53. The maximum Gasteiger partial charge on any atom is 0.127 e. The van der Waals surface area contributed by atoms with Crippen LogP contribution in [0.15, 0.2) is 28.2 Å². The third-order valence-corrected chi connectivity index (χ3v) is 2.15. The Morgan fingerprint density at radius 1 is 1.18 bits per heavy atom. The molecule has 0 amide bonds. The zero-order valence-corrected chi connectivity index (χ0v) is 10.7. The quantitative estimate of drug-likeness (QED) is 0.735. The Morgan fingerprint density at radius 3 is 2.24 bits per heavy atom. The molecule has 0 atom stereocenters. The minimum Gasteiger partial charge on any atom is -0.496 e. The standard InChI is InChI=1S/C13H18N2O2/c1-10(2)15-9-14-8-11-12(16-3)6-5-7-13(11)17-4/h5-7,10H,8H2,1-4H3. The zero-order valence-electron chi connectivity index (χ0n) is 10.7. The van der Waals surface area contributed by atoms with Crippen molar-refractivity contribution in [3.63, 3.8) is 0 Å². The lowest BCUT2D eigenvalue weighted by molar-refractivity contribution is 0.386. The van der Waals surface area contributed by atoms with Crippen LogP contribution in [0.1, 0.15) is 19.4 Å². The molecule has 17 heavy (non-hydrogen) atoms. The topological polar surface area (TPSA) is 43.2 Å². The molecule has 1 aromatic rings. The highest BCUT2D eigenvalue weighted by Gasteiger charge is 2.08. The molecule has 4 heteroatoms. The molecule has 1 rings (SSSR count). The van der Waals surface area contributed by atoms with E-state index in [1.165, 1.54) is 0 Å². The average Bonchev–Trinajstić information content (AvgIpc) is 2.34. The number of methoxy groups -OCH3 is 2. The molecule has 0 unspecified atom stereocenters. The van der Waals surface area contributed by atoms with Gasteiger partial charge in [-0.1, -0.05) is 6.07 Å². The van der Waals surface area contributed by atoms with E-state index in [0.717, 1.165) is 17.1 Å². The second kappa shape index (κ2) is 6.71. The molecule has 92 valence electrons. The summed E-state index contributed by atoms with van der Waals surface area (Å²) in [7, 11) is 3.26. The number of nitrogens with zero attached hydrogens (tertiary/aromatic N) is 2. The molecule has 0 aromatic heterocycles. The van der Waals surface area contributed by atoms with E-state index < -0.39 is 0 Å². The van der Waals surface area contributed by atoms with E-state index in [2.05, 4.69) is 16.0 Å². The van der Waals surface area contributed by atoms with Crippen molar-refractivity contribution in [3.05, 3.63) is 23.8 Å². The van der Waals surface area contributed by atoms with Crippen LogP contribution in [0.3, 0.4) is 0 Å². The summed E-state index contributed by atoms with van der Waals surface area (Å²) in [5.41, 5.74) is 0.906. The van der Waals surface area contributed by atoms with Crippen LogP contribution in [0.5, 0.6) is 11.5 Å². The van der Waals surface area contributed by atoms with Crippen LogP contribution in [-0.2, 0) is 6.54 Å². The highest BCUT2D eigenvalue weighted by Crippen LogP contribution is 2.28. The van der Waals surface area contributed by atoms with E-state index >= 15 is 0 Å². The Labute approximate surface area is 102 Å². The van der Waals surface area contributed by atoms with Gasteiger partial charge in [0.05, 0.1) is 38.4 Å². The molecular weight excluding hydrogens is 216 g/mol. The van der Waals surface area contributed by atoms with Crippen LogP contribution >= 0.6 is 0 Å². The van der Waals surface area contributed by atoms with Gasteiger partial charge in [-0.2, -0.15) is 0 Å². The van der Waals surface area contributed by atoms with Crippen molar-refractivity contribution in [1.29, 1.82) is 0 Å². The fraction of sp³-hybridized carbons (Fsp3) is 0.462. The first kappa shape index (κ1) is 13.3. The van der Waals surface area contributed by atoms with Gasteiger partial charge in [0.2, 0.25) is 0 Å². The Balaban J connectivity index is 2.92. The van der Waals surface area contributed by atoms with E-state index in [1.54, 1.807) is 14.2 Å². The molecule has 1 aromatic carbocycles. The third kappa shape index (κ3) is 3.93. The molecule has 4 nitrogen and oxygen atoms in total. The monoisotopic (exact) mass is 234 g/mol. The first-order chi connectivity index (χ1) is 8.19. The molecule has 0 aliphatic rings. The largest absolute Gasteiger partial charge is 0.496 e. The summed E-state index contributed by atoms with van der Waals surface area (Å²) >= 11 is 0.